The van der Waals surface area contributed by atoms with Gasteiger partial charge in [-0.05, 0) is 47.4 Å². The molecule has 1 heterocycles. The van der Waals surface area contributed by atoms with E-state index in [0.29, 0.717) is 27.8 Å². The molecule has 2 aromatic carbocycles. The van der Waals surface area contributed by atoms with Crippen molar-refractivity contribution in [2.75, 3.05) is 24.4 Å². The third-order valence-corrected chi connectivity index (χ3v) is 5.16. The Labute approximate surface area is 182 Å². The maximum absolute atomic E-state index is 13.0. The van der Waals surface area contributed by atoms with Gasteiger partial charge in [0, 0.05) is 18.9 Å². The molecule has 6 heteroatoms. The third-order valence-electron chi connectivity index (χ3n) is 4.87. The highest BCUT2D eigenvalue weighted by Gasteiger charge is 2.21. The summed E-state index contributed by atoms with van der Waals surface area (Å²) in [5, 5.41) is 3.46. The number of nitrogens with zero attached hydrogens (tertiary/aromatic N) is 2. The predicted molar refractivity (Wildman–Crippen MR) is 123 cm³/mol. The summed E-state index contributed by atoms with van der Waals surface area (Å²) in [7, 11) is 3.38. The van der Waals surface area contributed by atoms with E-state index in [4.69, 9.17) is 16.3 Å². The number of hydrogen-bond donors (Lipinski definition) is 1. The quantitative estimate of drug-likeness (QED) is 0.541. The summed E-state index contributed by atoms with van der Waals surface area (Å²) in [4.78, 5) is 19.1. The molecule has 1 N–H and O–H groups in total. The van der Waals surface area contributed by atoms with Crippen molar-refractivity contribution >= 4 is 34.7 Å². The van der Waals surface area contributed by atoms with E-state index in [1.165, 1.54) is 5.56 Å². The van der Waals surface area contributed by atoms with Gasteiger partial charge in [-0.2, -0.15) is 0 Å². The molecule has 3 rings (SSSR count). The molecule has 0 unspecified atom stereocenters. The van der Waals surface area contributed by atoms with Crippen molar-refractivity contribution in [1.29, 1.82) is 0 Å². The lowest BCUT2D eigenvalue weighted by Gasteiger charge is -2.23. The first-order valence-corrected chi connectivity index (χ1v) is 10.0. The van der Waals surface area contributed by atoms with E-state index in [1.807, 2.05) is 43.4 Å². The highest BCUT2D eigenvalue weighted by Crippen LogP contribution is 2.37. The summed E-state index contributed by atoms with van der Waals surface area (Å²) in [6, 6.07) is 16.8. The van der Waals surface area contributed by atoms with Crippen LogP contribution in [0.15, 0.2) is 60.8 Å². The maximum atomic E-state index is 13.0. The highest BCUT2D eigenvalue weighted by molar-refractivity contribution is 6.33. The van der Waals surface area contributed by atoms with Gasteiger partial charge >= 0.3 is 0 Å². The zero-order valence-corrected chi connectivity index (χ0v) is 18.6. The Kier molecular flexibility index (Phi) is 6.32. The molecule has 0 aliphatic carbocycles. The average molecular weight is 424 g/mol. The summed E-state index contributed by atoms with van der Waals surface area (Å²) in [5.41, 5.74) is 3.09. The molecule has 0 aliphatic rings. The Morgan fingerprint density at radius 1 is 1.07 bits per heavy atom. The number of carbonyl (C=O) groups excluding carboxylic acids is 1. The second-order valence-corrected chi connectivity index (χ2v) is 8.41. The SMILES string of the molecule is COc1c(C(=O)Nc2ccc(C(C)(C)C)cc2)cccc1N(C)c1ncccc1Cl. The van der Waals surface area contributed by atoms with Gasteiger partial charge in [0.05, 0.1) is 23.4 Å². The van der Waals surface area contributed by atoms with E-state index < -0.39 is 0 Å². The Morgan fingerprint density at radius 2 is 1.77 bits per heavy atom. The fraction of sp³-hybridized carbons (Fsp3) is 0.250. The number of ether oxygens (including phenoxy) is 1. The topological polar surface area (TPSA) is 54.5 Å². The monoisotopic (exact) mass is 423 g/mol. The Balaban J connectivity index is 1.90. The summed E-state index contributed by atoms with van der Waals surface area (Å²) >= 11 is 6.29. The zero-order valence-electron chi connectivity index (χ0n) is 17.9. The summed E-state index contributed by atoms with van der Waals surface area (Å²) in [6.07, 6.45) is 1.67. The van der Waals surface area contributed by atoms with E-state index in [0.717, 1.165) is 5.69 Å². The number of hydrogen-bond acceptors (Lipinski definition) is 4. The molecule has 3 aromatic rings. The van der Waals surface area contributed by atoms with E-state index in [2.05, 4.69) is 31.1 Å². The van der Waals surface area contributed by atoms with Crippen molar-refractivity contribution in [2.24, 2.45) is 0 Å². The standard InChI is InChI=1S/C24H26ClN3O2/c1-24(2,3)16-11-13-17(14-12-16)27-23(29)18-8-6-10-20(21(18)30-5)28(4)22-19(25)9-7-15-26-22/h6-15H,1-5H3,(H,27,29). The molecule has 1 amide bonds. The molecule has 1 aromatic heterocycles. The predicted octanol–water partition coefficient (Wildman–Crippen LogP) is 6.06. The van der Waals surface area contributed by atoms with Gasteiger partial charge in [-0.15, -0.1) is 0 Å². The zero-order chi connectivity index (χ0) is 21.9. The van der Waals surface area contributed by atoms with Gasteiger partial charge < -0.3 is 15.0 Å². The molecule has 0 spiro atoms. The van der Waals surface area contributed by atoms with Crippen LogP contribution in [0.5, 0.6) is 5.75 Å². The van der Waals surface area contributed by atoms with Gasteiger partial charge in [-0.1, -0.05) is 50.6 Å². The number of pyridine rings is 1. The van der Waals surface area contributed by atoms with Crippen molar-refractivity contribution in [3.05, 3.63) is 76.9 Å². The molecule has 5 nitrogen and oxygen atoms in total. The molecule has 0 bridgehead atoms. The molecule has 30 heavy (non-hydrogen) atoms. The molecule has 0 saturated heterocycles. The molecule has 0 atom stereocenters. The molecular weight excluding hydrogens is 398 g/mol. The van der Waals surface area contributed by atoms with E-state index >= 15 is 0 Å². The highest BCUT2D eigenvalue weighted by atomic mass is 35.5. The van der Waals surface area contributed by atoms with Crippen LogP contribution in [0.4, 0.5) is 17.2 Å². The number of carbonyl (C=O) groups is 1. The second kappa shape index (κ2) is 8.76. The molecule has 0 saturated carbocycles. The Hall–Kier alpha value is -3.05. The Bertz CT molecular complexity index is 1040. The van der Waals surface area contributed by atoms with Gasteiger partial charge in [0.2, 0.25) is 0 Å². The Morgan fingerprint density at radius 3 is 2.37 bits per heavy atom. The van der Waals surface area contributed by atoms with Crippen molar-refractivity contribution < 1.29 is 9.53 Å². The normalized spacial score (nSPS) is 11.1. The van der Waals surface area contributed by atoms with Crippen LogP contribution in [0.2, 0.25) is 5.02 Å². The minimum absolute atomic E-state index is 0.0530. The summed E-state index contributed by atoms with van der Waals surface area (Å²) < 4.78 is 5.61. The first-order chi connectivity index (χ1) is 14.2. The number of benzene rings is 2. The summed E-state index contributed by atoms with van der Waals surface area (Å²) in [5.74, 6) is 0.774. The number of amides is 1. The van der Waals surface area contributed by atoms with Crippen molar-refractivity contribution in [3.8, 4) is 5.75 Å². The molecule has 0 aliphatic heterocycles. The van der Waals surface area contributed by atoms with Crippen LogP contribution in [0.1, 0.15) is 36.7 Å². The van der Waals surface area contributed by atoms with Gasteiger partial charge in [0.25, 0.3) is 5.91 Å². The molecule has 0 fully saturated rings. The van der Waals surface area contributed by atoms with Gasteiger partial charge in [0.15, 0.2) is 11.6 Å². The fourth-order valence-electron chi connectivity index (χ4n) is 3.17. The van der Waals surface area contributed by atoms with Crippen LogP contribution >= 0.6 is 11.6 Å². The van der Waals surface area contributed by atoms with Gasteiger partial charge in [-0.25, -0.2) is 4.98 Å². The van der Waals surface area contributed by atoms with Crippen LogP contribution < -0.4 is 15.0 Å². The number of halogens is 1. The lowest BCUT2D eigenvalue weighted by molar-refractivity contribution is 0.102. The van der Waals surface area contributed by atoms with E-state index in [-0.39, 0.29) is 11.3 Å². The van der Waals surface area contributed by atoms with Gasteiger partial charge in [0.1, 0.15) is 0 Å². The lowest BCUT2D eigenvalue weighted by atomic mass is 9.87. The second-order valence-electron chi connectivity index (χ2n) is 8.01. The maximum Gasteiger partial charge on any atom is 0.259 e. The minimum atomic E-state index is -0.252. The van der Waals surface area contributed by atoms with Crippen LogP contribution in [0.25, 0.3) is 0 Å². The van der Waals surface area contributed by atoms with Crippen LogP contribution in [-0.2, 0) is 5.41 Å². The first kappa shape index (κ1) is 21.7. The number of nitrogens with one attached hydrogen (secondary N) is 1. The fourth-order valence-corrected chi connectivity index (χ4v) is 3.42. The van der Waals surface area contributed by atoms with Crippen LogP contribution in [-0.4, -0.2) is 25.0 Å². The first-order valence-electron chi connectivity index (χ1n) is 9.65. The number of para-hydroxylation sites is 1. The number of anilines is 3. The van der Waals surface area contributed by atoms with E-state index in [1.54, 1.807) is 36.4 Å². The summed E-state index contributed by atoms with van der Waals surface area (Å²) in [6.45, 7) is 6.46. The van der Waals surface area contributed by atoms with Gasteiger partial charge in [-0.3, -0.25) is 4.79 Å². The molecular formula is C24H26ClN3O2. The number of methoxy groups -OCH3 is 1. The third kappa shape index (κ3) is 4.57. The number of rotatable bonds is 5. The molecule has 0 radical (unpaired) electrons. The largest absolute Gasteiger partial charge is 0.494 e. The lowest BCUT2D eigenvalue weighted by Crippen LogP contribution is -2.17. The smallest absolute Gasteiger partial charge is 0.259 e. The minimum Gasteiger partial charge on any atom is -0.494 e. The van der Waals surface area contributed by atoms with Crippen molar-refractivity contribution in [1.82, 2.24) is 4.98 Å². The van der Waals surface area contributed by atoms with Crippen LogP contribution in [0, 0.1) is 0 Å². The van der Waals surface area contributed by atoms with Crippen molar-refractivity contribution in [3.63, 3.8) is 0 Å². The van der Waals surface area contributed by atoms with Crippen LogP contribution in [0.3, 0.4) is 0 Å². The van der Waals surface area contributed by atoms with Crippen molar-refractivity contribution in [2.45, 2.75) is 26.2 Å². The number of aromatic nitrogens is 1. The average Bonchev–Trinajstić information content (AvgIpc) is 2.72. The van der Waals surface area contributed by atoms with E-state index in [9.17, 15) is 4.79 Å². The molecule has 156 valence electrons.